The fraction of sp³-hybridized carbons (Fsp3) is 0. The van der Waals surface area contributed by atoms with E-state index in [1.807, 2.05) is 126 Å². The maximum absolute atomic E-state index is 11.1. The Morgan fingerprint density at radius 3 is 1.33 bits per heavy atom. The topological polar surface area (TPSA) is 103 Å². The second-order valence-corrected chi connectivity index (χ2v) is 14.3. The van der Waals surface area contributed by atoms with E-state index in [4.69, 9.17) is 18.1 Å². The number of aromatic nitrogens is 3. The van der Waals surface area contributed by atoms with Crippen LogP contribution in [0.25, 0.3) is 98.3 Å². The summed E-state index contributed by atoms with van der Waals surface area (Å²) in [5.41, 5.74) is 11.8. The molecule has 7 aromatic carbocycles. The minimum atomic E-state index is 0.382. The standard InChI is InChI=1S/C52H26N8/c1-56-38-15-19-49-43(26-38)44-27-39(57-2)16-20-50(44)60(49)52-25-37(31-55)51(59-47-17-13-32(29-53)21-41(47)42-22-33(30-54)14-18-48(42)59)28-40(52)36-23-45(34-9-5-3-6-10-34)58-46(24-36)35-11-7-4-8-12-35/h3-28H. The van der Waals surface area contributed by atoms with Crippen LogP contribution in [0, 0.1) is 47.1 Å². The molecule has 3 heterocycles. The smallest absolute Gasteiger partial charge is 0.188 e. The Kier molecular flexibility index (Phi) is 8.23. The van der Waals surface area contributed by atoms with E-state index in [1.54, 1.807) is 24.3 Å². The summed E-state index contributed by atoms with van der Waals surface area (Å²) in [5, 5.41) is 34.1. The van der Waals surface area contributed by atoms with Crippen molar-refractivity contribution in [3.63, 3.8) is 0 Å². The molecule has 0 aliphatic heterocycles. The lowest BCUT2D eigenvalue weighted by molar-refractivity contribution is 1.13. The second-order valence-electron chi connectivity index (χ2n) is 14.3. The average Bonchev–Trinajstić information content (AvgIpc) is 3.82. The van der Waals surface area contributed by atoms with E-state index in [-0.39, 0.29) is 0 Å². The average molecular weight is 763 g/mol. The summed E-state index contributed by atoms with van der Waals surface area (Å²) in [6.07, 6.45) is 0. The first-order valence-electron chi connectivity index (χ1n) is 18.9. The van der Waals surface area contributed by atoms with Gasteiger partial charge in [-0.15, -0.1) is 0 Å². The summed E-state index contributed by atoms with van der Waals surface area (Å²) in [4.78, 5) is 12.6. The van der Waals surface area contributed by atoms with Crippen molar-refractivity contribution in [2.45, 2.75) is 0 Å². The van der Waals surface area contributed by atoms with E-state index >= 15 is 0 Å². The molecule has 0 aliphatic rings. The summed E-state index contributed by atoms with van der Waals surface area (Å²) in [5.74, 6) is 0. The van der Waals surface area contributed by atoms with Gasteiger partial charge in [-0.3, -0.25) is 0 Å². The SMILES string of the molecule is [C-]#[N+]c1ccc2c(c1)c1cc([N+]#[C-])ccc1n2-c1cc(C#N)c(-n2c3ccc(C#N)cc3c3cc(C#N)ccc32)cc1-c1cc(-c2ccccc2)nc(-c2ccccc2)c1. The predicted molar refractivity (Wildman–Crippen MR) is 236 cm³/mol. The van der Waals surface area contributed by atoms with Crippen molar-refractivity contribution in [3.05, 3.63) is 197 Å². The zero-order chi connectivity index (χ0) is 40.9. The van der Waals surface area contributed by atoms with Gasteiger partial charge in [0.1, 0.15) is 6.07 Å². The fourth-order valence-corrected chi connectivity index (χ4v) is 8.29. The highest BCUT2D eigenvalue weighted by molar-refractivity contribution is 6.13. The number of hydrogen-bond acceptors (Lipinski definition) is 4. The number of rotatable bonds is 5. The Bertz CT molecular complexity index is 3450. The van der Waals surface area contributed by atoms with Gasteiger partial charge in [-0.1, -0.05) is 72.8 Å². The first kappa shape index (κ1) is 35.2. The van der Waals surface area contributed by atoms with Crippen LogP contribution in [-0.4, -0.2) is 14.1 Å². The lowest BCUT2D eigenvalue weighted by atomic mass is 9.96. The number of nitrogens with zero attached hydrogens (tertiary/aromatic N) is 8. The zero-order valence-corrected chi connectivity index (χ0v) is 31.6. The van der Waals surface area contributed by atoms with Gasteiger partial charge in [0.05, 0.1) is 86.8 Å². The number of fused-ring (bicyclic) bond motifs is 6. The van der Waals surface area contributed by atoms with Crippen molar-refractivity contribution in [1.82, 2.24) is 14.1 Å². The third kappa shape index (κ3) is 5.61. The highest BCUT2D eigenvalue weighted by Crippen LogP contribution is 2.43. The predicted octanol–water partition coefficient (Wildman–Crippen LogP) is 13.0. The minimum Gasteiger partial charge on any atom is -0.309 e. The highest BCUT2D eigenvalue weighted by Gasteiger charge is 2.23. The van der Waals surface area contributed by atoms with Crippen molar-refractivity contribution in [2.75, 3.05) is 0 Å². The molecule has 0 aliphatic carbocycles. The summed E-state index contributed by atoms with van der Waals surface area (Å²) in [6.45, 7) is 15.6. The molecule has 3 aromatic heterocycles. The van der Waals surface area contributed by atoms with Crippen LogP contribution < -0.4 is 0 Å². The van der Waals surface area contributed by atoms with E-state index in [0.717, 1.165) is 77.3 Å². The molecule has 0 unspecified atom stereocenters. The van der Waals surface area contributed by atoms with Crippen LogP contribution in [0.4, 0.5) is 11.4 Å². The van der Waals surface area contributed by atoms with Gasteiger partial charge in [0.25, 0.3) is 0 Å². The van der Waals surface area contributed by atoms with Crippen molar-refractivity contribution in [3.8, 4) is 63.2 Å². The van der Waals surface area contributed by atoms with Crippen LogP contribution in [0.5, 0.6) is 0 Å². The van der Waals surface area contributed by atoms with Crippen molar-refractivity contribution in [2.24, 2.45) is 0 Å². The van der Waals surface area contributed by atoms with Gasteiger partial charge < -0.3 is 9.13 Å². The molecular formula is C52H26N8. The maximum Gasteiger partial charge on any atom is 0.188 e. The second kappa shape index (κ2) is 14.0. The molecule has 10 rings (SSSR count). The van der Waals surface area contributed by atoms with Crippen LogP contribution in [0.3, 0.4) is 0 Å². The van der Waals surface area contributed by atoms with Crippen LogP contribution in [0.1, 0.15) is 16.7 Å². The Hall–Kier alpha value is -9.26. The first-order valence-corrected chi connectivity index (χ1v) is 18.9. The molecular weight excluding hydrogens is 737 g/mol. The molecule has 60 heavy (non-hydrogen) atoms. The van der Waals surface area contributed by atoms with Crippen LogP contribution >= 0.6 is 0 Å². The molecule has 8 heteroatoms. The normalized spacial score (nSPS) is 10.9. The first-order chi connectivity index (χ1) is 29.5. The summed E-state index contributed by atoms with van der Waals surface area (Å²) < 4.78 is 4.15. The van der Waals surface area contributed by atoms with Gasteiger partial charge >= 0.3 is 0 Å². The van der Waals surface area contributed by atoms with Crippen molar-refractivity contribution < 1.29 is 0 Å². The molecule has 0 atom stereocenters. The highest BCUT2D eigenvalue weighted by atomic mass is 15.0. The quantitative estimate of drug-likeness (QED) is 0.163. The molecule has 0 fully saturated rings. The van der Waals surface area contributed by atoms with E-state index < -0.39 is 0 Å². The van der Waals surface area contributed by atoms with Gasteiger partial charge in [-0.2, -0.15) is 15.8 Å². The number of hydrogen-bond donors (Lipinski definition) is 0. The van der Waals surface area contributed by atoms with E-state index in [2.05, 4.69) is 44.6 Å². The van der Waals surface area contributed by atoms with Crippen molar-refractivity contribution in [1.29, 1.82) is 15.8 Å². The lowest BCUT2D eigenvalue weighted by Gasteiger charge is -2.20. The van der Waals surface area contributed by atoms with Crippen LogP contribution in [0.15, 0.2) is 158 Å². The van der Waals surface area contributed by atoms with Gasteiger partial charge in [0.15, 0.2) is 11.4 Å². The maximum atomic E-state index is 11.1. The molecule has 0 radical (unpaired) electrons. The minimum absolute atomic E-state index is 0.382. The molecule has 274 valence electrons. The van der Waals surface area contributed by atoms with Gasteiger partial charge in [-0.25, -0.2) is 14.7 Å². The molecule has 0 spiro atoms. The number of pyridine rings is 1. The fourth-order valence-electron chi connectivity index (χ4n) is 8.29. The number of benzene rings is 7. The van der Waals surface area contributed by atoms with E-state index in [1.165, 1.54) is 0 Å². The van der Waals surface area contributed by atoms with Crippen LogP contribution in [-0.2, 0) is 0 Å². The Morgan fingerprint density at radius 1 is 0.433 bits per heavy atom. The number of nitriles is 3. The summed E-state index contributed by atoms with van der Waals surface area (Å²) in [6, 6.07) is 57.2. The molecule has 0 amide bonds. The molecule has 0 N–H and O–H groups in total. The Labute approximate surface area is 344 Å². The van der Waals surface area contributed by atoms with E-state index in [0.29, 0.717) is 39.4 Å². The third-order valence-electron chi connectivity index (χ3n) is 11.0. The molecule has 0 bridgehead atoms. The molecule has 8 nitrogen and oxygen atoms in total. The van der Waals surface area contributed by atoms with Gasteiger partial charge in [0, 0.05) is 27.5 Å². The third-order valence-corrected chi connectivity index (χ3v) is 11.0. The molecule has 10 aromatic rings. The molecule has 0 saturated carbocycles. The Balaban J connectivity index is 1.37. The van der Waals surface area contributed by atoms with Crippen molar-refractivity contribution >= 4 is 55.0 Å². The van der Waals surface area contributed by atoms with Gasteiger partial charge in [0.2, 0.25) is 0 Å². The van der Waals surface area contributed by atoms with E-state index in [9.17, 15) is 15.8 Å². The monoisotopic (exact) mass is 762 g/mol. The Morgan fingerprint density at radius 2 is 0.883 bits per heavy atom. The lowest BCUT2D eigenvalue weighted by Crippen LogP contribution is -2.04. The summed E-state index contributed by atoms with van der Waals surface area (Å²) >= 11 is 0. The largest absolute Gasteiger partial charge is 0.309 e. The summed E-state index contributed by atoms with van der Waals surface area (Å²) in [7, 11) is 0. The molecule has 0 saturated heterocycles. The van der Waals surface area contributed by atoms with Crippen LogP contribution in [0.2, 0.25) is 0 Å². The van der Waals surface area contributed by atoms with Gasteiger partial charge in [-0.05, 0) is 101 Å². The zero-order valence-electron chi connectivity index (χ0n) is 31.6.